The Kier molecular flexibility index (Phi) is 2.86. The Balaban J connectivity index is 1.77. The molecule has 0 N–H and O–H groups in total. The molecule has 0 spiro atoms. The van der Waals surface area contributed by atoms with Crippen molar-refractivity contribution in [2.45, 2.75) is 12.8 Å². The number of hydrogen-bond donors (Lipinski definition) is 0. The van der Waals surface area contributed by atoms with Crippen LogP contribution in [0.5, 0.6) is 0 Å². The van der Waals surface area contributed by atoms with E-state index in [1.807, 2.05) is 9.71 Å². The topological polar surface area (TPSA) is 40.6 Å². The summed E-state index contributed by atoms with van der Waals surface area (Å²) < 4.78 is 0. The van der Waals surface area contributed by atoms with Crippen molar-refractivity contribution in [3.63, 3.8) is 0 Å². The molecule has 75 valence electrons. The number of carbonyl (C=O) groups excluding carboxylic acids is 2. The molecule has 0 aromatic rings. The molecule has 0 bridgehead atoms. The highest BCUT2D eigenvalue weighted by molar-refractivity contribution is 6.64. The largest absolute Gasteiger partial charge is 0.340 e. The summed E-state index contributed by atoms with van der Waals surface area (Å²) in [6.45, 7) is 3.10. The minimum Gasteiger partial charge on any atom is -0.340 e. The fourth-order valence-corrected chi connectivity index (χ4v) is 1.77. The highest BCUT2D eigenvalue weighted by Gasteiger charge is 2.34. The van der Waals surface area contributed by atoms with Crippen LogP contribution in [0.3, 0.4) is 0 Å². The number of hydrogen-bond acceptors (Lipinski definition) is 3. The maximum Gasteiger partial charge on any atom is 0.293 e. The molecule has 1 radical (unpaired) electrons. The van der Waals surface area contributed by atoms with Crippen LogP contribution in [0.2, 0.25) is 0 Å². The summed E-state index contributed by atoms with van der Waals surface area (Å²) in [4.78, 5) is 25.8. The first kappa shape index (κ1) is 9.71. The third kappa shape index (κ3) is 2.15. The average molecular weight is 193 g/mol. The van der Waals surface area contributed by atoms with Crippen LogP contribution in [-0.2, 0) is 9.59 Å². The minimum absolute atomic E-state index is 0.316. The lowest BCUT2D eigenvalue weighted by molar-refractivity contribution is -0.133. The van der Waals surface area contributed by atoms with Gasteiger partial charge < -0.3 is 14.5 Å². The van der Waals surface area contributed by atoms with Gasteiger partial charge in [-0.15, -0.1) is 0 Å². The molecule has 0 aromatic carbocycles. The lowest BCUT2D eigenvalue weighted by Crippen LogP contribution is -2.50. The van der Waals surface area contributed by atoms with Crippen LogP contribution in [0.1, 0.15) is 12.8 Å². The van der Waals surface area contributed by atoms with E-state index < -0.39 is 0 Å². The average Bonchev–Trinajstić information content (AvgIpc) is 3.02. The predicted molar refractivity (Wildman–Crippen MR) is 53.4 cm³/mol. The Morgan fingerprint density at radius 3 is 2.36 bits per heavy atom. The molecule has 14 heavy (non-hydrogen) atoms. The van der Waals surface area contributed by atoms with Gasteiger partial charge in [-0.05, 0) is 12.8 Å². The Labute approximate surface area is 84.5 Å². The van der Waals surface area contributed by atoms with Gasteiger partial charge in [-0.25, -0.2) is 0 Å². The first-order chi connectivity index (χ1) is 6.81. The molecule has 1 amide bonds. The van der Waals surface area contributed by atoms with Crippen molar-refractivity contribution in [1.82, 2.24) is 9.71 Å². The lowest BCUT2D eigenvalue weighted by Gasteiger charge is -2.33. The van der Waals surface area contributed by atoms with Gasteiger partial charge in [0.05, 0.1) is 6.19 Å². The third-order valence-corrected chi connectivity index (χ3v) is 2.82. The second-order valence-electron chi connectivity index (χ2n) is 3.92. The van der Waals surface area contributed by atoms with Crippen LogP contribution < -0.4 is 0 Å². The monoisotopic (exact) mass is 193 g/mol. The van der Waals surface area contributed by atoms with Gasteiger partial charge in [0.25, 0.3) is 7.41 Å². The summed E-state index contributed by atoms with van der Waals surface area (Å²) in [6.07, 6.45) is 2.94. The molecule has 2 aliphatic rings. The van der Waals surface area contributed by atoms with Crippen molar-refractivity contribution in [3.05, 3.63) is 0 Å². The Hall–Kier alpha value is -0.835. The van der Waals surface area contributed by atoms with Crippen molar-refractivity contribution in [2.24, 2.45) is 5.92 Å². The van der Waals surface area contributed by atoms with E-state index in [1.165, 1.54) is 0 Å². The fourth-order valence-electron chi connectivity index (χ4n) is 1.77. The summed E-state index contributed by atoms with van der Waals surface area (Å²) in [5.74, 6) is 0.632. The van der Waals surface area contributed by atoms with Gasteiger partial charge in [0.2, 0.25) is 5.91 Å². The van der Waals surface area contributed by atoms with E-state index >= 15 is 0 Å². The second-order valence-corrected chi connectivity index (χ2v) is 3.92. The summed E-state index contributed by atoms with van der Waals surface area (Å²) in [5, 5.41) is 0. The second kappa shape index (κ2) is 4.13. The molecule has 0 atom stereocenters. The number of amides is 1. The first-order valence-electron chi connectivity index (χ1n) is 5.13. The van der Waals surface area contributed by atoms with Gasteiger partial charge in [0.15, 0.2) is 0 Å². The van der Waals surface area contributed by atoms with Crippen molar-refractivity contribution in [3.8, 4) is 0 Å². The zero-order chi connectivity index (χ0) is 9.97. The molecular weight excluding hydrogens is 179 g/mol. The van der Waals surface area contributed by atoms with Crippen LogP contribution in [0.15, 0.2) is 0 Å². The summed E-state index contributed by atoms with van der Waals surface area (Å²) >= 11 is 0. The van der Waals surface area contributed by atoms with Crippen LogP contribution in [0.4, 0.5) is 0 Å². The van der Waals surface area contributed by atoms with E-state index in [-0.39, 0.29) is 0 Å². The fraction of sp³-hybridized carbons (Fsp3) is 0.778. The zero-order valence-corrected chi connectivity index (χ0v) is 8.19. The number of carbonyl (C=O) groups is 2. The maximum atomic E-state index is 11.7. The van der Waals surface area contributed by atoms with Crippen LogP contribution in [0.25, 0.3) is 0 Å². The van der Waals surface area contributed by atoms with Crippen molar-refractivity contribution in [2.75, 3.05) is 26.2 Å². The zero-order valence-electron chi connectivity index (χ0n) is 8.19. The van der Waals surface area contributed by atoms with Gasteiger partial charge in [0, 0.05) is 32.1 Å². The van der Waals surface area contributed by atoms with E-state index in [0.29, 0.717) is 11.8 Å². The molecule has 1 saturated carbocycles. The molecule has 2 rings (SSSR count). The van der Waals surface area contributed by atoms with Gasteiger partial charge in [-0.2, -0.15) is 0 Å². The van der Waals surface area contributed by atoms with Gasteiger partial charge in [0.1, 0.15) is 0 Å². The smallest absolute Gasteiger partial charge is 0.293 e. The molecule has 1 heterocycles. The quantitative estimate of drug-likeness (QED) is 0.441. The molecular formula is C9H14BN2O2. The van der Waals surface area contributed by atoms with Gasteiger partial charge in [-0.1, -0.05) is 0 Å². The van der Waals surface area contributed by atoms with Crippen LogP contribution in [-0.4, -0.2) is 55.4 Å². The van der Waals surface area contributed by atoms with Crippen molar-refractivity contribution >= 4 is 19.5 Å². The highest BCUT2D eigenvalue weighted by atomic mass is 16.2. The van der Waals surface area contributed by atoms with Gasteiger partial charge in [-0.3, -0.25) is 4.79 Å². The van der Waals surface area contributed by atoms with E-state index in [9.17, 15) is 9.59 Å². The highest BCUT2D eigenvalue weighted by Crippen LogP contribution is 2.31. The van der Waals surface area contributed by atoms with E-state index in [2.05, 4.69) is 0 Å². The normalized spacial score (nSPS) is 23.3. The van der Waals surface area contributed by atoms with Gasteiger partial charge >= 0.3 is 0 Å². The number of piperazine rings is 1. The summed E-state index contributed by atoms with van der Waals surface area (Å²) in [7, 11) is 1.55. The molecule has 0 aromatic heterocycles. The molecule has 1 aliphatic carbocycles. The first-order valence-corrected chi connectivity index (χ1v) is 5.13. The van der Waals surface area contributed by atoms with Crippen molar-refractivity contribution in [1.29, 1.82) is 0 Å². The Morgan fingerprint density at radius 1 is 1.21 bits per heavy atom. The predicted octanol–water partition coefficient (Wildman–Crippen LogP) is -0.650. The van der Waals surface area contributed by atoms with Crippen molar-refractivity contribution < 1.29 is 9.59 Å². The number of rotatable bonds is 3. The van der Waals surface area contributed by atoms with Crippen LogP contribution in [0, 0.1) is 5.92 Å². The summed E-state index contributed by atoms with van der Waals surface area (Å²) in [6, 6.07) is 0. The Bertz CT molecular complexity index is 235. The summed E-state index contributed by atoms with van der Waals surface area (Å²) in [5.41, 5.74) is 0. The third-order valence-electron chi connectivity index (χ3n) is 2.82. The van der Waals surface area contributed by atoms with E-state index in [4.69, 9.17) is 0 Å². The van der Waals surface area contributed by atoms with E-state index in [0.717, 1.165) is 45.2 Å². The molecule has 5 heteroatoms. The maximum absolute atomic E-state index is 11.7. The molecule has 2 fully saturated rings. The van der Waals surface area contributed by atoms with E-state index in [1.54, 1.807) is 7.41 Å². The molecule has 1 saturated heterocycles. The van der Waals surface area contributed by atoms with Crippen LogP contribution >= 0.6 is 0 Å². The molecule has 4 nitrogen and oxygen atoms in total. The SMILES string of the molecule is O=C[B]N1CCN(C(=O)C2CC2)CC1. The minimum atomic E-state index is 0.316. The lowest BCUT2D eigenvalue weighted by atomic mass is 9.93. The molecule has 0 unspecified atom stereocenters. The number of nitrogens with zero attached hydrogens (tertiary/aromatic N) is 2. The molecule has 1 aliphatic heterocycles. The Morgan fingerprint density at radius 2 is 1.86 bits per heavy atom. The standard InChI is InChI=1S/C9H14BN2O2/c13-7-10-12-5-3-11(4-6-12)9(14)8-1-2-8/h7-8H,1-6H2.